The van der Waals surface area contributed by atoms with E-state index < -0.39 is 18.1 Å². The second kappa shape index (κ2) is 8.16. The third-order valence-corrected chi connectivity index (χ3v) is 5.08. The van der Waals surface area contributed by atoms with Crippen LogP contribution in [0.15, 0.2) is 47.3 Å². The number of nitrogens with zero attached hydrogens (tertiary/aromatic N) is 3. The minimum absolute atomic E-state index is 0.0349. The van der Waals surface area contributed by atoms with Crippen LogP contribution < -0.4 is 21.3 Å². The van der Waals surface area contributed by atoms with Gasteiger partial charge in [0.25, 0.3) is 0 Å². The molecule has 8 nitrogen and oxygen atoms in total. The third-order valence-electron chi connectivity index (χ3n) is 5.08. The Hall–Kier alpha value is -3.01. The monoisotopic (exact) mass is 399 g/mol. The number of aliphatic hydroxyl groups excluding tert-OH is 1. The molecule has 4 rings (SSSR count). The predicted octanol–water partition coefficient (Wildman–Crippen LogP) is 0.914. The molecule has 2 heterocycles. The molecule has 1 aliphatic rings. The highest BCUT2D eigenvalue weighted by Gasteiger charge is 2.18. The zero-order valence-corrected chi connectivity index (χ0v) is 15.9. The lowest BCUT2D eigenvalue weighted by Gasteiger charge is -2.10. The number of aromatic nitrogens is 3. The number of hydrogen-bond acceptors (Lipinski definition) is 6. The van der Waals surface area contributed by atoms with Gasteiger partial charge in [-0.25, -0.2) is 9.18 Å². The summed E-state index contributed by atoms with van der Waals surface area (Å²) in [5, 5.41) is 14.0. The van der Waals surface area contributed by atoms with Gasteiger partial charge >= 0.3 is 5.69 Å². The maximum absolute atomic E-state index is 13.7. The summed E-state index contributed by atoms with van der Waals surface area (Å²) in [6.45, 7) is 1.31. The van der Waals surface area contributed by atoms with Crippen LogP contribution in [0.1, 0.15) is 22.9 Å². The number of rotatable bonds is 6. The highest BCUT2D eigenvalue weighted by atomic mass is 19.1. The van der Waals surface area contributed by atoms with Gasteiger partial charge in [0.15, 0.2) is 5.82 Å². The smallest absolute Gasteiger partial charge is 0.351 e. The van der Waals surface area contributed by atoms with Crippen molar-refractivity contribution in [3.05, 3.63) is 75.7 Å². The van der Waals surface area contributed by atoms with E-state index in [2.05, 4.69) is 16.0 Å². The number of ether oxygens (including phenoxy) is 1. The van der Waals surface area contributed by atoms with Gasteiger partial charge in [0, 0.05) is 24.6 Å². The summed E-state index contributed by atoms with van der Waals surface area (Å²) in [6.07, 6.45) is 0. The summed E-state index contributed by atoms with van der Waals surface area (Å²) in [5.74, 6) is 0.581. The number of benzene rings is 2. The maximum Gasteiger partial charge on any atom is 0.351 e. The first kappa shape index (κ1) is 19.3. The molecule has 0 spiro atoms. The van der Waals surface area contributed by atoms with Crippen LogP contribution in [0.25, 0.3) is 5.69 Å². The van der Waals surface area contributed by atoms with E-state index in [9.17, 15) is 14.3 Å². The topological polar surface area (TPSA) is 93.3 Å². The molecule has 0 atom stereocenters. The van der Waals surface area contributed by atoms with Crippen molar-refractivity contribution in [2.75, 3.05) is 20.2 Å². The van der Waals surface area contributed by atoms with Crippen molar-refractivity contribution in [3.63, 3.8) is 0 Å². The van der Waals surface area contributed by atoms with Crippen LogP contribution >= 0.6 is 0 Å². The molecule has 0 bridgehead atoms. The van der Waals surface area contributed by atoms with Crippen LogP contribution in [0.3, 0.4) is 0 Å². The SMILES string of the molecule is COc1ccc(F)cc1Cn1c(CO)nn(-c2ccc(C3CNNC3)cc2)c1=O. The predicted molar refractivity (Wildman–Crippen MR) is 105 cm³/mol. The molecule has 0 saturated carbocycles. The van der Waals surface area contributed by atoms with E-state index >= 15 is 0 Å². The van der Waals surface area contributed by atoms with Gasteiger partial charge in [0.1, 0.15) is 18.2 Å². The van der Waals surface area contributed by atoms with Crippen LogP contribution in [0, 0.1) is 5.82 Å². The van der Waals surface area contributed by atoms with Crippen molar-refractivity contribution >= 4 is 0 Å². The molecule has 1 saturated heterocycles. The Morgan fingerprint density at radius 3 is 2.59 bits per heavy atom. The minimum Gasteiger partial charge on any atom is -0.496 e. The molecule has 0 aliphatic carbocycles. The molecule has 1 fully saturated rings. The highest BCUT2D eigenvalue weighted by Crippen LogP contribution is 2.21. The van der Waals surface area contributed by atoms with Gasteiger partial charge in [-0.05, 0) is 35.9 Å². The summed E-state index contributed by atoms with van der Waals surface area (Å²) in [5.41, 5.74) is 8.01. The van der Waals surface area contributed by atoms with Crippen molar-refractivity contribution < 1.29 is 14.2 Å². The zero-order chi connectivity index (χ0) is 20.4. The number of hydrazine groups is 1. The normalized spacial score (nSPS) is 14.4. The molecule has 1 aromatic heterocycles. The number of methoxy groups -OCH3 is 1. The fourth-order valence-corrected chi connectivity index (χ4v) is 3.51. The van der Waals surface area contributed by atoms with Gasteiger partial charge in [-0.3, -0.25) is 15.4 Å². The third kappa shape index (κ3) is 3.80. The van der Waals surface area contributed by atoms with Crippen molar-refractivity contribution in [2.24, 2.45) is 0 Å². The fraction of sp³-hybridized carbons (Fsp3) is 0.300. The molecular weight excluding hydrogens is 377 g/mol. The Labute approximate surface area is 166 Å². The van der Waals surface area contributed by atoms with Crippen LogP contribution in [-0.4, -0.2) is 39.7 Å². The lowest BCUT2D eigenvalue weighted by Crippen LogP contribution is -2.25. The quantitative estimate of drug-likeness (QED) is 0.571. The second-order valence-electron chi connectivity index (χ2n) is 6.86. The van der Waals surface area contributed by atoms with E-state index in [0.717, 1.165) is 18.7 Å². The zero-order valence-electron chi connectivity index (χ0n) is 15.9. The Balaban J connectivity index is 1.68. The first-order valence-electron chi connectivity index (χ1n) is 9.28. The molecule has 9 heteroatoms. The van der Waals surface area contributed by atoms with Crippen molar-refractivity contribution in [1.82, 2.24) is 25.2 Å². The van der Waals surface area contributed by atoms with Gasteiger partial charge in [-0.15, -0.1) is 5.10 Å². The van der Waals surface area contributed by atoms with Gasteiger partial charge in [0.05, 0.1) is 19.3 Å². The summed E-state index contributed by atoms with van der Waals surface area (Å²) in [7, 11) is 1.48. The average molecular weight is 399 g/mol. The van der Waals surface area contributed by atoms with Crippen LogP contribution in [-0.2, 0) is 13.2 Å². The molecule has 3 aromatic rings. The molecule has 0 amide bonds. The van der Waals surface area contributed by atoms with Crippen molar-refractivity contribution in [1.29, 1.82) is 0 Å². The van der Waals surface area contributed by atoms with Crippen molar-refractivity contribution in [3.8, 4) is 11.4 Å². The Morgan fingerprint density at radius 1 is 1.21 bits per heavy atom. The second-order valence-corrected chi connectivity index (χ2v) is 6.86. The number of halogens is 1. The number of aliphatic hydroxyl groups is 1. The average Bonchev–Trinajstić information content (AvgIpc) is 3.38. The Bertz CT molecular complexity index is 1050. The molecule has 2 aromatic carbocycles. The maximum atomic E-state index is 13.7. The molecule has 0 unspecified atom stereocenters. The number of nitrogens with one attached hydrogen (secondary N) is 2. The molecule has 29 heavy (non-hydrogen) atoms. The molecule has 1 aliphatic heterocycles. The van der Waals surface area contributed by atoms with Crippen LogP contribution in [0.4, 0.5) is 4.39 Å². The Kier molecular flexibility index (Phi) is 5.43. The van der Waals surface area contributed by atoms with Crippen LogP contribution in [0.5, 0.6) is 5.75 Å². The fourth-order valence-electron chi connectivity index (χ4n) is 3.51. The molecule has 0 radical (unpaired) electrons. The molecule has 3 N–H and O–H groups in total. The van der Waals surface area contributed by atoms with E-state index in [-0.39, 0.29) is 12.4 Å². The molecule has 152 valence electrons. The largest absolute Gasteiger partial charge is 0.496 e. The first-order chi connectivity index (χ1) is 14.1. The van der Waals surface area contributed by atoms with E-state index in [0.29, 0.717) is 22.9 Å². The Morgan fingerprint density at radius 2 is 1.93 bits per heavy atom. The summed E-state index contributed by atoms with van der Waals surface area (Å²) < 4.78 is 21.5. The van der Waals surface area contributed by atoms with Gasteiger partial charge in [0.2, 0.25) is 0 Å². The van der Waals surface area contributed by atoms with E-state index in [1.807, 2.05) is 24.3 Å². The lowest BCUT2D eigenvalue weighted by atomic mass is 10.0. The van der Waals surface area contributed by atoms with Gasteiger partial charge < -0.3 is 9.84 Å². The van der Waals surface area contributed by atoms with E-state index in [4.69, 9.17) is 4.74 Å². The van der Waals surface area contributed by atoms with E-state index in [1.165, 1.54) is 34.6 Å². The lowest BCUT2D eigenvalue weighted by molar-refractivity contribution is 0.264. The summed E-state index contributed by atoms with van der Waals surface area (Å²) in [6, 6.07) is 11.7. The van der Waals surface area contributed by atoms with Gasteiger partial charge in [-0.1, -0.05) is 12.1 Å². The van der Waals surface area contributed by atoms with E-state index in [1.54, 1.807) is 0 Å². The standard InChI is InChI=1S/C20H22FN5O3/c1-29-18-7-4-16(21)8-14(18)11-25-19(12-27)24-26(20(25)28)17-5-2-13(3-6-17)15-9-22-23-10-15/h2-8,15,22-23,27H,9-12H2,1H3. The number of hydrogen-bond donors (Lipinski definition) is 3. The van der Waals surface area contributed by atoms with Crippen LogP contribution in [0.2, 0.25) is 0 Å². The summed E-state index contributed by atoms with van der Waals surface area (Å²) in [4.78, 5) is 13.0. The minimum atomic E-state index is -0.432. The molecular formula is C20H22FN5O3. The summed E-state index contributed by atoms with van der Waals surface area (Å²) >= 11 is 0. The first-order valence-corrected chi connectivity index (χ1v) is 9.28. The van der Waals surface area contributed by atoms with Gasteiger partial charge in [-0.2, -0.15) is 4.68 Å². The van der Waals surface area contributed by atoms with Crippen molar-refractivity contribution in [2.45, 2.75) is 19.1 Å². The highest BCUT2D eigenvalue weighted by molar-refractivity contribution is 5.36.